The fraction of sp³-hybridized carbons (Fsp3) is 0.667. The summed E-state index contributed by atoms with van der Waals surface area (Å²) in [5.74, 6) is 0.240. The van der Waals surface area contributed by atoms with E-state index in [1.807, 2.05) is 22.5 Å². The Hall–Kier alpha value is -2.19. The lowest BCUT2D eigenvalue weighted by molar-refractivity contribution is -0.136. The van der Waals surface area contributed by atoms with Crippen LogP contribution in [-0.4, -0.2) is 64.7 Å². The van der Waals surface area contributed by atoms with Crippen molar-refractivity contribution >= 4 is 11.8 Å². The van der Waals surface area contributed by atoms with Gasteiger partial charge >= 0.3 is 0 Å². The summed E-state index contributed by atoms with van der Waals surface area (Å²) < 4.78 is 1.84. The number of carbonyl (C=O) groups is 2. The van der Waals surface area contributed by atoms with Crippen molar-refractivity contribution in [2.75, 3.05) is 26.2 Å². The topological polar surface area (TPSA) is 104 Å². The zero-order valence-corrected chi connectivity index (χ0v) is 16.8. The van der Waals surface area contributed by atoms with Crippen molar-refractivity contribution < 1.29 is 14.7 Å². The standard InChI is InChI=1S/C21H30N4O4/c1-2-4-19(27)23-10-18-14-7-13(17-5-3-6-20(28)25(17)18)11-24(12-14)21(29)16-8-15(26)9-22-16/h3,5-6,13-16,18,22,26H,2,4,7-12H2,1H3,(H,23,27)/t13-,14+,15-,16-,18+/m1/s1. The predicted octanol–water partition coefficient (Wildman–Crippen LogP) is -0.0258. The van der Waals surface area contributed by atoms with E-state index in [-0.39, 0.29) is 41.3 Å². The molecule has 3 aliphatic heterocycles. The average Bonchev–Trinajstić information content (AvgIpc) is 3.14. The molecule has 2 amide bonds. The first-order chi connectivity index (χ1) is 14.0. The minimum absolute atomic E-state index is 0.00645. The Morgan fingerprint density at radius 2 is 2.10 bits per heavy atom. The van der Waals surface area contributed by atoms with Gasteiger partial charge in [0.2, 0.25) is 11.8 Å². The molecule has 2 bridgehead atoms. The van der Waals surface area contributed by atoms with E-state index in [9.17, 15) is 19.5 Å². The van der Waals surface area contributed by atoms with Crippen LogP contribution >= 0.6 is 0 Å². The SMILES string of the molecule is CCCC(=O)NC[C@H]1[C@H]2C[C@H](CN(C(=O)[C@H]3C[C@@H](O)CN3)C2)c2cccc(=O)n21. The molecule has 2 fully saturated rings. The second kappa shape index (κ2) is 8.28. The van der Waals surface area contributed by atoms with Crippen LogP contribution in [0, 0.1) is 5.92 Å². The molecule has 158 valence electrons. The minimum Gasteiger partial charge on any atom is -0.392 e. The summed E-state index contributed by atoms with van der Waals surface area (Å²) >= 11 is 0. The molecule has 3 N–H and O–H groups in total. The van der Waals surface area contributed by atoms with Crippen molar-refractivity contribution in [1.82, 2.24) is 20.1 Å². The smallest absolute Gasteiger partial charge is 0.251 e. The number of hydrogen-bond donors (Lipinski definition) is 3. The number of nitrogens with one attached hydrogen (secondary N) is 2. The monoisotopic (exact) mass is 402 g/mol. The van der Waals surface area contributed by atoms with Crippen LogP contribution in [0.25, 0.3) is 0 Å². The van der Waals surface area contributed by atoms with Gasteiger partial charge in [-0.15, -0.1) is 0 Å². The molecule has 8 heteroatoms. The number of carbonyl (C=O) groups excluding carboxylic acids is 2. The maximum Gasteiger partial charge on any atom is 0.251 e. The molecule has 29 heavy (non-hydrogen) atoms. The van der Waals surface area contributed by atoms with Gasteiger partial charge in [0.15, 0.2) is 0 Å². The van der Waals surface area contributed by atoms with Gasteiger partial charge in [0.1, 0.15) is 0 Å². The van der Waals surface area contributed by atoms with E-state index in [1.54, 1.807) is 12.1 Å². The van der Waals surface area contributed by atoms with Crippen LogP contribution in [0.15, 0.2) is 23.0 Å². The molecule has 0 aliphatic carbocycles. The molecule has 1 aromatic rings. The molecule has 0 aromatic carbocycles. The zero-order chi connectivity index (χ0) is 20.5. The van der Waals surface area contributed by atoms with Gasteiger partial charge < -0.3 is 25.2 Å². The molecule has 5 atom stereocenters. The van der Waals surface area contributed by atoms with Gasteiger partial charge in [-0.05, 0) is 31.2 Å². The quantitative estimate of drug-likeness (QED) is 0.642. The number of hydrogen-bond acceptors (Lipinski definition) is 5. The number of likely N-dealkylation sites (tertiary alicyclic amines) is 1. The Balaban J connectivity index is 1.58. The van der Waals surface area contributed by atoms with E-state index in [4.69, 9.17) is 0 Å². The number of piperidine rings is 1. The van der Waals surface area contributed by atoms with E-state index in [0.717, 1.165) is 18.5 Å². The molecule has 3 aliphatic rings. The second-order valence-electron chi connectivity index (χ2n) is 8.57. The number of aliphatic hydroxyl groups excluding tert-OH is 1. The normalized spacial score (nSPS) is 30.7. The summed E-state index contributed by atoms with van der Waals surface area (Å²) in [4.78, 5) is 39.6. The van der Waals surface area contributed by atoms with Crippen LogP contribution in [0.5, 0.6) is 0 Å². The molecule has 8 nitrogen and oxygen atoms in total. The molecular weight excluding hydrogens is 372 g/mol. The lowest BCUT2D eigenvalue weighted by Crippen LogP contribution is -2.55. The van der Waals surface area contributed by atoms with Crippen molar-refractivity contribution in [3.05, 3.63) is 34.2 Å². The molecular formula is C21H30N4O4. The van der Waals surface area contributed by atoms with Crippen LogP contribution in [0.2, 0.25) is 0 Å². The number of aliphatic hydroxyl groups is 1. The summed E-state index contributed by atoms with van der Waals surface area (Å²) in [6, 6.07) is 4.81. The van der Waals surface area contributed by atoms with E-state index in [2.05, 4.69) is 10.6 Å². The fourth-order valence-electron chi connectivity index (χ4n) is 5.14. The maximum absolute atomic E-state index is 13.0. The molecule has 0 unspecified atom stereocenters. The minimum atomic E-state index is -0.478. The third-order valence-corrected chi connectivity index (χ3v) is 6.50. The van der Waals surface area contributed by atoms with Crippen molar-refractivity contribution in [3.8, 4) is 0 Å². The molecule has 0 spiro atoms. The summed E-state index contributed by atoms with van der Waals surface area (Å²) in [5.41, 5.74) is 0.896. The van der Waals surface area contributed by atoms with E-state index in [0.29, 0.717) is 39.0 Å². The number of rotatable bonds is 5. The third kappa shape index (κ3) is 3.96. The number of aromatic nitrogens is 1. The number of amides is 2. The highest BCUT2D eigenvalue weighted by molar-refractivity contribution is 5.82. The first-order valence-electron chi connectivity index (χ1n) is 10.7. The lowest BCUT2D eigenvalue weighted by atomic mass is 9.78. The Labute approximate surface area is 170 Å². The predicted molar refractivity (Wildman–Crippen MR) is 107 cm³/mol. The lowest BCUT2D eigenvalue weighted by Gasteiger charge is -2.47. The number of pyridine rings is 1. The van der Waals surface area contributed by atoms with Crippen LogP contribution in [0.4, 0.5) is 0 Å². The molecule has 1 aromatic heterocycles. The first-order valence-corrected chi connectivity index (χ1v) is 10.7. The van der Waals surface area contributed by atoms with Crippen molar-refractivity contribution in [2.45, 2.75) is 56.7 Å². The highest BCUT2D eigenvalue weighted by Gasteiger charge is 2.43. The molecule has 4 heterocycles. The second-order valence-corrected chi connectivity index (χ2v) is 8.57. The Bertz CT molecular complexity index is 838. The average molecular weight is 402 g/mol. The van der Waals surface area contributed by atoms with Crippen molar-refractivity contribution in [3.63, 3.8) is 0 Å². The van der Waals surface area contributed by atoms with E-state index in [1.165, 1.54) is 0 Å². The largest absolute Gasteiger partial charge is 0.392 e. The fourth-order valence-corrected chi connectivity index (χ4v) is 5.14. The highest BCUT2D eigenvalue weighted by Crippen LogP contribution is 2.41. The highest BCUT2D eigenvalue weighted by atomic mass is 16.3. The van der Waals surface area contributed by atoms with Gasteiger partial charge in [0.25, 0.3) is 5.56 Å². The summed E-state index contributed by atoms with van der Waals surface area (Å²) in [5, 5.41) is 15.9. The summed E-state index contributed by atoms with van der Waals surface area (Å²) in [6.07, 6.45) is 2.12. The Kier molecular flexibility index (Phi) is 5.74. The van der Waals surface area contributed by atoms with Crippen LogP contribution in [0.1, 0.15) is 50.3 Å². The number of nitrogens with zero attached hydrogens (tertiary/aromatic N) is 2. The third-order valence-electron chi connectivity index (χ3n) is 6.50. The maximum atomic E-state index is 13.0. The van der Waals surface area contributed by atoms with Crippen LogP contribution in [-0.2, 0) is 9.59 Å². The number of β-amino-alcohol motifs (C(OH)–C–C–N with tert-alkyl or cyclic N) is 1. The van der Waals surface area contributed by atoms with Gasteiger partial charge in [-0.25, -0.2) is 0 Å². The van der Waals surface area contributed by atoms with E-state index >= 15 is 0 Å². The zero-order valence-electron chi connectivity index (χ0n) is 16.8. The Morgan fingerprint density at radius 1 is 1.28 bits per heavy atom. The van der Waals surface area contributed by atoms with Gasteiger partial charge in [-0.1, -0.05) is 13.0 Å². The van der Waals surface area contributed by atoms with Crippen molar-refractivity contribution in [2.24, 2.45) is 5.92 Å². The van der Waals surface area contributed by atoms with Gasteiger partial charge in [-0.3, -0.25) is 14.4 Å². The first kappa shape index (κ1) is 20.1. The van der Waals surface area contributed by atoms with Gasteiger partial charge in [0.05, 0.1) is 18.2 Å². The molecule has 2 saturated heterocycles. The van der Waals surface area contributed by atoms with Crippen LogP contribution in [0.3, 0.4) is 0 Å². The van der Waals surface area contributed by atoms with E-state index < -0.39 is 6.10 Å². The summed E-state index contributed by atoms with van der Waals surface area (Å²) in [6.45, 7) is 3.96. The van der Waals surface area contributed by atoms with Crippen molar-refractivity contribution in [1.29, 1.82) is 0 Å². The van der Waals surface area contributed by atoms with Crippen LogP contribution < -0.4 is 16.2 Å². The van der Waals surface area contributed by atoms with Gasteiger partial charge in [-0.2, -0.15) is 0 Å². The number of fused-ring (bicyclic) bond motifs is 4. The molecule has 0 radical (unpaired) electrons. The van der Waals surface area contributed by atoms with Gasteiger partial charge in [0, 0.05) is 50.3 Å². The summed E-state index contributed by atoms with van der Waals surface area (Å²) in [7, 11) is 0. The Morgan fingerprint density at radius 3 is 2.83 bits per heavy atom. The molecule has 4 rings (SSSR count). The molecule has 0 saturated carbocycles.